The Kier molecular flexibility index (Phi) is 1.81. The average Bonchev–Trinajstić information content (AvgIpc) is 2.06. The smallest absolute Gasteiger partial charge is 0.244 e. The first kappa shape index (κ1) is 7.61. The maximum Gasteiger partial charge on any atom is 0.336 e. The van der Waals surface area contributed by atoms with Crippen LogP contribution in [0.15, 0.2) is 18.7 Å². The van der Waals surface area contributed by atoms with Gasteiger partial charge in [0.2, 0.25) is 0 Å². The van der Waals surface area contributed by atoms with E-state index in [0.29, 0.717) is 0 Å². The van der Waals surface area contributed by atoms with E-state index in [1.807, 2.05) is 0 Å². The molecule has 0 aromatic carbocycles. The Morgan fingerprint density at radius 1 is 1.36 bits per heavy atom. The topological polar surface area (TPSA) is 25.8 Å². The number of hydrogen-bond donors (Lipinski definition) is 0. The standard InChI is InChI=1S/C7H4F2N2/c1-2-7(8,9)6-3-10-5-11-4-6/h1,3-5H. The van der Waals surface area contributed by atoms with Gasteiger partial charge in [0.05, 0.1) is 5.56 Å². The molecule has 0 saturated heterocycles. The zero-order valence-corrected chi connectivity index (χ0v) is 5.46. The molecule has 0 unspecified atom stereocenters. The van der Waals surface area contributed by atoms with E-state index in [2.05, 4.69) is 16.4 Å². The average molecular weight is 154 g/mol. The number of terminal acetylenes is 1. The normalized spacial score (nSPS) is 10.6. The molecule has 4 heteroatoms. The van der Waals surface area contributed by atoms with E-state index >= 15 is 0 Å². The second-order valence-electron chi connectivity index (χ2n) is 1.85. The van der Waals surface area contributed by atoms with Gasteiger partial charge < -0.3 is 0 Å². The van der Waals surface area contributed by atoms with E-state index < -0.39 is 5.92 Å². The molecule has 0 fully saturated rings. The number of halogens is 2. The lowest BCUT2D eigenvalue weighted by molar-refractivity contribution is 0.0632. The Morgan fingerprint density at radius 2 is 1.91 bits per heavy atom. The van der Waals surface area contributed by atoms with Crippen LogP contribution >= 0.6 is 0 Å². The number of rotatable bonds is 1. The third-order valence-corrected chi connectivity index (χ3v) is 1.10. The highest BCUT2D eigenvalue weighted by atomic mass is 19.3. The summed E-state index contributed by atoms with van der Waals surface area (Å²) in [6, 6.07) is 0. The minimum Gasteiger partial charge on any atom is -0.244 e. The van der Waals surface area contributed by atoms with E-state index in [1.54, 1.807) is 0 Å². The summed E-state index contributed by atoms with van der Waals surface area (Å²) in [5.41, 5.74) is -0.359. The van der Waals surface area contributed by atoms with Crippen molar-refractivity contribution in [2.45, 2.75) is 5.92 Å². The third kappa shape index (κ3) is 1.49. The fraction of sp³-hybridized carbons (Fsp3) is 0.143. The van der Waals surface area contributed by atoms with Gasteiger partial charge in [0.15, 0.2) is 0 Å². The first-order valence-corrected chi connectivity index (χ1v) is 2.78. The molecule has 1 aromatic rings. The van der Waals surface area contributed by atoms with Gasteiger partial charge in [0.25, 0.3) is 0 Å². The zero-order valence-electron chi connectivity index (χ0n) is 5.46. The second kappa shape index (κ2) is 2.62. The van der Waals surface area contributed by atoms with Crippen LogP contribution in [0.4, 0.5) is 8.78 Å². The first-order valence-electron chi connectivity index (χ1n) is 2.78. The minimum atomic E-state index is -3.26. The summed E-state index contributed by atoms with van der Waals surface area (Å²) in [4.78, 5) is 6.82. The van der Waals surface area contributed by atoms with Gasteiger partial charge in [-0.25, -0.2) is 9.97 Å². The molecule has 0 aliphatic heterocycles. The quantitative estimate of drug-likeness (QED) is 0.568. The zero-order chi connectivity index (χ0) is 8.32. The Balaban J connectivity index is 3.05. The summed E-state index contributed by atoms with van der Waals surface area (Å²) in [6.45, 7) is 0. The highest BCUT2D eigenvalue weighted by Crippen LogP contribution is 2.24. The largest absolute Gasteiger partial charge is 0.336 e. The molecule has 0 aliphatic rings. The van der Waals surface area contributed by atoms with Gasteiger partial charge in [-0.05, 0) is 5.92 Å². The molecule has 0 atom stereocenters. The first-order chi connectivity index (χ1) is 5.17. The van der Waals surface area contributed by atoms with E-state index in [4.69, 9.17) is 0 Å². The lowest BCUT2D eigenvalue weighted by atomic mass is 10.2. The Labute approximate surface area is 62.3 Å². The fourth-order valence-corrected chi connectivity index (χ4v) is 0.545. The summed E-state index contributed by atoms with van der Waals surface area (Å²) < 4.78 is 25.1. The van der Waals surface area contributed by atoms with Crippen molar-refractivity contribution in [2.75, 3.05) is 0 Å². The monoisotopic (exact) mass is 154 g/mol. The number of hydrogen-bond acceptors (Lipinski definition) is 2. The predicted molar refractivity (Wildman–Crippen MR) is 34.8 cm³/mol. The Hall–Kier alpha value is -1.50. The lowest BCUT2D eigenvalue weighted by Gasteiger charge is -2.06. The maximum atomic E-state index is 12.6. The van der Waals surface area contributed by atoms with Gasteiger partial charge >= 0.3 is 5.92 Å². The van der Waals surface area contributed by atoms with Gasteiger partial charge in [-0.1, -0.05) is 0 Å². The molecule has 0 radical (unpaired) electrons. The molecular formula is C7H4F2N2. The molecule has 1 rings (SSSR count). The van der Waals surface area contributed by atoms with Crippen molar-refractivity contribution in [3.05, 3.63) is 24.3 Å². The summed E-state index contributed by atoms with van der Waals surface area (Å²) >= 11 is 0. The van der Waals surface area contributed by atoms with Crippen LogP contribution in [-0.2, 0) is 5.92 Å². The molecule has 11 heavy (non-hydrogen) atoms. The van der Waals surface area contributed by atoms with Gasteiger partial charge in [-0.3, -0.25) is 0 Å². The molecule has 0 aliphatic carbocycles. The maximum absolute atomic E-state index is 12.6. The van der Waals surface area contributed by atoms with Crippen LogP contribution in [0, 0.1) is 12.3 Å². The summed E-state index contributed by atoms with van der Waals surface area (Å²) in [5, 5.41) is 0. The van der Waals surface area contributed by atoms with Crippen LogP contribution in [-0.4, -0.2) is 9.97 Å². The van der Waals surface area contributed by atoms with Crippen molar-refractivity contribution >= 4 is 0 Å². The third-order valence-electron chi connectivity index (χ3n) is 1.10. The van der Waals surface area contributed by atoms with E-state index in [-0.39, 0.29) is 5.56 Å². The van der Waals surface area contributed by atoms with Crippen LogP contribution in [0.5, 0.6) is 0 Å². The molecule has 0 saturated carbocycles. The Bertz CT molecular complexity index is 276. The van der Waals surface area contributed by atoms with Gasteiger partial charge in [-0.15, -0.1) is 6.42 Å². The summed E-state index contributed by atoms with van der Waals surface area (Å²) in [6.07, 6.45) is 7.73. The SMILES string of the molecule is C#CC(F)(F)c1cncnc1. The van der Waals surface area contributed by atoms with Gasteiger partial charge in [0, 0.05) is 12.4 Å². The second-order valence-corrected chi connectivity index (χ2v) is 1.85. The highest BCUT2D eigenvalue weighted by Gasteiger charge is 2.28. The van der Waals surface area contributed by atoms with E-state index in [0.717, 1.165) is 18.7 Å². The van der Waals surface area contributed by atoms with Crippen LogP contribution in [0.25, 0.3) is 0 Å². The summed E-state index contributed by atoms with van der Waals surface area (Å²) in [7, 11) is 0. The van der Waals surface area contributed by atoms with Crippen LogP contribution in [0.2, 0.25) is 0 Å². The van der Waals surface area contributed by atoms with E-state index in [9.17, 15) is 8.78 Å². The molecule has 0 amide bonds. The molecule has 0 bridgehead atoms. The summed E-state index contributed by atoms with van der Waals surface area (Å²) in [5.74, 6) is -1.92. The minimum absolute atomic E-state index is 0.359. The molecule has 2 nitrogen and oxygen atoms in total. The number of nitrogens with zero attached hydrogens (tertiary/aromatic N) is 2. The van der Waals surface area contributed by atoms with Gasteiger partial charge in [-0.2, -0.15) is 8.78 Å². The van der Waals surface area contributed by atoms with E-state index in [1.165, 1.54) is 5.92 Å². The number of aromatic nitrogens is 2. The van der Waals surface area contributed by atoms with Crippen molar-refractivity contribution in [3.63, 3.8) is 0 Å². The van der Waals surface area contributed by atoms with Gasteiger partial charge in [0.1, 0.15) is 6.33 Å². The number of alkyl halides is 2. The molecule has 1 heterocycles. The van der Waals surface area contributed by atoms with Crippen LogP contribution in [0.3, 0.4) is 0 Å². The van der Waals surface area contributed by atoms with Crippen molar-refractivity contribution in [1.29, 1.82) is 0 Å². The Morgan fingerprint density at radius 3 is 2.36 bits per heavy atom. The van der Waals surface area contributed by atoms with Crippen molar-refractivity contribution in [1.82, 2.24) is 9.97 Å². The molecule has 1 aromatic heterocycles. The van der Waals surface area contributed by atoms with Crippen LogP contribution < -0.4 is 0 Å². The van der Waals surface area contributed by atoms with Crippen molar-refractivity contribution in [3.8, 4) is 12.3 Å². The van der Waals surface area contributed by atoms with Crippen molar-refractivity contribution in [2.24, 2.45) is 0 Å². The van der Waals surface area contributed by atoms with Crippen molar-refractivity contribution < 1.29 is 8.78 Å². The molecule has 56 valence electrons. The predicted octanol–water partition coefficient (Wildman–Crippen LogP) is 1.20. The van der Waals surface area contributed by atoms with Crippen LogP contribution in [0.1, 0.15) is 5.56 Å². The highest BCUT2D eigenvalue weighted by molar-refractivity contribution is 5.21. The fourth-order valence-electron chi connectivity index (χ4n) is 0.545. The lowest BCUT2D eigenvalue weighted by Crippen LogP contribution is -2.10. The molecule has 0 spiro atoms. The molecular weight excluding hydrogens is 150 g/mol. The molecule has 0 N–H and O–H groups in total.